The molecule has 0 unspecified atom stereocenters. The fraction of sp³-hybridized carbons (Fsp3) is 0.182. The van der Waals surface area contributed by atoms with E-state index in [1.165, 1.54) is 6.07 Å². The Morgan fingerprint density at radius 1 is 1.13 bits per heavy atom. The number of rotatable bonds is 5. The lowest BCUT2D eigenvalue weighted by molar-refractivity contribution is 0.0944. The molecule has 9 heteroatoms. The van der Waals surface area contributed by atoms with Crippen LogP contribution in [0.3, 0.4) is 0 Å². The fourth-order valence-electron chi connectivity index (χ4n) is 3.78. The summed E-state index contributed by atoms with van der Waals surface area (Å²) in [5.74, 6) is -1.44. The van der Waals surface area contributed by atoms with Crippen LogP contribution in [-0.2, 0) is 19.4 Å². The van der Waals surface area contributed by atoms with Crippen LogP contribution in [0.25, 0.3) is 11.5 Å². The minimum Gasteiger partial charge on any atom is -0.346 e. The zero-order chi connectivity index (χ0) is 21.4. The molecule has 31 heavy (non-hydrogen) atoms. The Morgan fingerprint density at radius 3 is 2.77 bits per heavy atom. The van der Waals surface area contributed by atoms with Crippen molar-refractivity contribution >= 4 is 5.91 Å². The van der Waals surface area contributed by atoms with Gasteiger partial charge in [0, 0.05) is 42.5 Å². The molecule has 1 aliphatic carbocycles. The molecule has 1 aromatic carbocycles. The largest absolute Gasteiger partial charge is 0.346 e. The highest BCUT2D eigenvalue weighted by Gasteiger charge is 2.27. The average Bonchev–Trinajstić information content (AvgIpc) is 3.52. The molecule has 0 bridgehead atoms. The van der Waals surface area contributed by atoms with Gasteiger partial charge in [0.25, 0.3) is 5.91 Å². The molecule has 0 fully saturated rings. The number of aromatic nitrogens is 5. The third-order valence-electron chi connectivity index (χ3n) is 5.32. The number of benzene rings is 1. The molecule has 7 nitrogen and oxygen atoms in total. The number of nitrogens with one attached hydrogen (secondary N) is 1. The summed E-state index contributed by atoms with van der Waals surface area (Å²) in [6.07, 6.45) is 9.17. The molecule has 1 aliphatic rings. The number of carbonyl (C=O) groups excluding carboxylic acids is 1. The zero-order valence-corrected chi connectivity index (χ0v) is 16.4. The second-order valence-corrected chi connectivity index (χ2v) is 7.31. The third kappa shape index (κ3) is 3.58. The van der Waals surface area contributed by atoms with Crippen LogP contribution in [0.1, 0.15) is 33.7 Å². The van der Waals surface area contributed by atoms with Crippen LogP contribution in [0.15, 0.2) is 55.2 Å². The Balaban J connectivity index is 1.34. The van der Waals surface area contributed by atoms with Crippen LogP contribution in [0.4, 0.5) is 8.78 Å². The van der Waals surface area contributed by atoms with Crippen LogP contribution < -0.4 is 5.32 Å². The highest BCUT2D eigenvalue weighted by molar-refractivity contribution is 5.94. The van der Waals surface area contributed by atoms with Gasteiger partial charge in [-0.05, 0) is 43.0 Å². The number of pyridine rings is 1. The van der Waals surface area contributed by atoms with Crippen molar-refractivity contribution in [2.45, 2.75) is 25.8 Å². The van der Waals surface area contributed by atoms with Crippen LogP contribution in [0, 0.1) is 11.6 Å². The molecule has 4 aromatic rings. The van der Waals surface area contributed by atoms with E-state index in [1.54, 1.807) is 34.2 Å². The van der Waals surface area contributed by atoms with Gasteiger partial charge in [-0.3, -0.25) is 9.36 Å². The van der Waals surface area contributed by atoms with Gasteiger partial charge in [0.2, 0.25) is 0 Å². The van der Waals surface area contributed by atoms with E-state index in [-0.39, 0.29) is 5.91 Å². The van der Waals surface area contributed by atoms with Crippen LogP contribution in [-0.4, -0.2) is 30.2 Å². The summed E-state index contributed by atoms with van der Waals surface area (Å²) in [5, 5.41) is 7.30. The van der Waals surface area contributed by atoms with Crippen molar-refractivity contribution in [2.24, 2.45) is 0 Å². The topological polar surface area (TPSA) is 77.6 Å². The summed E-state index contributed by atoms with van der Waals surface area (Å²) in [7, 11) is 0. The minimum atomic E-state index is -0.947. The molecular formula is C22H18F2N6O. The van der Waals surface area contributed by atoms with Gasteiger partial charge in [0.15, 0.2) is 17.3 Å². The maximum atomic E-state index is 13.7. The van der Waals surface area contributed by atoms with Crippen LogP contribution in [0.2, 0.25) is 0 Å². The number of fused-ring (bicyclic) bond motifs is 1. The van der Waals surface area contributed by atoms with Gasteiger partial charge in [-0.15, -0.1) is 0 Å². The van der Waals surface area contributed by atoms with Crippen molar-refractivity contribution in [3.8, 4) is 11.5 Å². The van der Waals surface area contributed by atoms with Crippen LogP contribution >= 0.6 is 0 Å². The smallest absolute Gasteiger partial charge is 0.272 e. The summed E-state index contributed by atoms with van der Waals surface area (Å²) in [6, 6.07) is 7.34. The standard InChI is InChI=1S/C22H18F2N6O/c23-17-6-5-15(10-18(17)24)30-19-3-1-2-16(19)21(28-30)22(31)27-12-14-4-7-20(26-11-14)29-9-8-25-13-29/h4-11,13H,1-3,12H2,(H,27,31). The Morgan fingerprint density at radius 2 is 2.03 bits per heavy atom. The van der Waals surface area contributed by atoms with E-state index in [1.807, 2.05) is 12.1 Å². The predicted molar refractivity (Wildman–Crippen MR) is 108 cm³/mol. The Kier molecular flexibility index (Phi) is 4.78. The molecule has 0 aliphatic heterocycles. The fourth-order valence-corrected chi connectivity index (χ4v) is 3.78. The quantitative estimate of drug-likeness (QED) is 0.538. The summed E-state index contributed by atoms with van der Waals surface area (Å²) >= 11 is 0. The Bertz CT molecular complexity index is 1250. The van der Waals surface area contributed by atoms with Gasteiger partial charge < -0.3 is 5.32 Å². The van der Waals surface area contributed by atoms with E-state index in [2.05, 4.69) is 20.4 Å². The number of amides is 1. The van der Waals surface area contributed by atoms with E-state index < -0.39 is 11.6 Å². The molecule has 0 spiro atoms. The zero-order valence-electron chi connectivity index (χ0n) is 16.4. The molecule has 0 atom stereocenters. The van der Waals surface area contributed by atoms with Crippen molar-refractivity contribution in [3.63, 3.8) is 0 Å². The second-order valence-electron chi connectivity index (χ2n) is 7.31. The van der Waals surface area contributed by atoms with Crippen molar-refractivity contribution in [1.82, 2.24) is 29.6 Å². The third-order valence-corrected chi connectivity index (χ3v) is 5.32. The summed E-state index contributed by atoms with van der Waals surface area (Å²) < 4.78 is 30.3. The van der Waals surface area contributed by atoms with Crippen molar-refractivity contribution in [1.29, 1.82) is 0 Å². The molecule has 5 rings (SSSR count). The lowest BCUT2D eigenvalue weighted by Crippen LogP contribution is -2.24. The van der Waals surface area contributed by atoms with Gasteiger partial charge in [-0.1, -0.05) is 6.07 Å². The van der Waals surface area contributed by atoms with E-state index in [9.17, 15) is 13.6 Å². The average molecular weight is 420 g/mol. The molecule has 1 N–H and O–H groups in total. The normalized spacial score (nSPS) is 12.7. The first-order valence-corrected chi connectivity index (χ1v) is 9.88. The van der Waals surface area contributed by atoms with Gasteiger partial charge >= 0.3 is 0 Å². The lowest BCUT2D eigenvalue weighted by atomic mass is 10.2. The minimum absolute atomic E-state index is 0.294. The van der Waals surface area contributed by atoms with E-state index in [4.69, 9.17) is 0 Å². The second kappa shape index (κ2) is 7.75. The van der Waals surface area contributed by atoms with Gasteiger partial charge in [0.1, 0.15) is 12.1 Å². The summed E-state index contributed by atoms with van der Waals surface area (Å²) in [4.78, 5) is 21.2. The van der Waals surface area contributed by atoms with Gasteiger partial charge in [-0.2, -0.15) is 5.10 Å². The first-order valence-electron chi connectivity index (χ1n) is 9.88. The van der Waals surface area contributed by atoms with Crippen LogP contribution in [0.5, 0.6) is 0 Å². The number of halogens is 2. The van der Waals surface area contributed by atoms with Crippen molar-refractivity contribution in [3.05, 3.63) is 89.4 Å². The predicted octanol–water partition coefficient (Wildman–Crippen LogP) is 3.15. The van der Waals surface area contributed by atoms with Gasteiger partial charge in [-0.25, -0.2) is 23.4 Å². The molecule has 0 saturated carbocycles. The first kappa shape index (κ1) is 19.1. The van der Waals surface area contributed by atoms with E-state index in [0.717, 1.165) is 54.0 Å². The first-order chi connectivity index (χ1) is 15.1. The SMILES string of the molecule is O=C(NCc1ccc(-n2ccnc2)nc1)c1nn(-c2ccc(F)c(F)c2)c2c1CCC2. The summed E-state index contributed by atoms with van der Waals surface area (Å²) in [5.41, 5.74) is 3.28. The Labute approximate surface area is 176 Å². The number of carbonyl (C=O) groups is 1. The van der Waals surface area contributed by atoms with E-state index >= 15 is 0 Å². The number of hydrogen-bond donors (Lipinski definition) is 1. The molecule has 0 radical (unpaired) electrons. The number of nitrogens with zero attached hydrogens (tertiary/aromatic N) is 5. The molecule has 3 heterocycles. The molecular weight excluding hydrogens is 402 g/mol. The van der Waals surface area contributed by atoms with Gasteiger partial charge in [0.05, 0.1) is 5.69 Å². The Hall–Kier alpha value is -3.88. The number of hydrogen-bond acceptors (Lipinski definition) is 4. The molecule has 156 valence electrons. The highest BCUT2D eigenvalue weighted by atomic mass is 19.2. The molecule has 3 aromatic heterocycles. The summed E-state index contributed by atoms with van der Waals surface area (Å²) in [6.45, 7) is 0.294. The monoisotopic (exact) mass is 420 g/mol. The maximum absolute atomic E-state index is 13.7. The maximum Gasteiger partial charge on any atom is 0.272 e. The van der Waals surface area contributed by atoms with Crippen molar-refractivity contribution in [2.75, 3.05) is 0 Å². The van der Waals surface area contributed by atoms with E-state index in [0.29, 0.717) is 17.9 Å². The lowest BCUT2D eigenvalue weighted by Gasteiger charge is -2.07. The number of imidazole rings is 1. The molecule has 0 saturated heterocycles. The highest BCUT2D eigenvalue weighted by Crippen LogP contribution is 2.28. The molecule has 1 amide bonds. The van der Waals surface area contributed by atoms with Crippen molar-refractivity contribution < 1.29 is 13.6 Å².